The van der Waals surface area contributed by atoms with Crippen molar-refractivity contribution in [3.05, 3.63) is 76.4 Å². The minimum absolute atomic E-state index is 0.157. The van der Waals surface area contributed by atoms with Crippen LogP contribution in [0.2, 0.25) is 0 Å². The molecule has 1 heterocycles. The van der Waals surface area contributed by atoms with Crippen molar-refractivity contribution in [2.24, 2.45) is 0 Å². The van der Waals surface area contributed by atoms with Gasteiger partial charge in [0.15, 0.2) is 0 Å². The molecule has 0 unspecified atom stereocenters. The highest BCUT2D eigenvalue weighted by atomic mass is 79.9. The molecule has 0 saturated carbocycles. The molecule has 3 nitrogen and oxygen atoms in total. The SMILES string of the molecule is Cc1cc(-c2ccccc2F)n(S(=O)(=O)c2cc(F)cc(Br)c2)c1. The first-order valence-electron chi connectivity index (χ1n) is 6.94. The number of aromatic nitrogens is 1. The van der Waals surface area contributed by atoms with Gasteiger partial charge in [0.1, 0.15) is 11.6 Å². The largest absolute Gasteiger partial charge is 0.268 e. The molecule has 3 aromatic rings. The van der Waals surface area contributed by atoms with E-state index in [1.807, 2.05) is 0 Å². The third kappa shape index (κ3) is 3.01. The molecule has 0 aliphatic heterocycles. The average molecular weight is 412 g/mol. The van der Waals surface area contributed by atoms with Gasteiger partial charge in [-0.3, -0.25) is 0 Å². The molecule has 24 heavy (non-hydrogen) atoms. The van der Waals surface area contributed by atoms with Gasteiger partial charge in [0.05, 0.1) is 10.6 Å². The Balaban J connectivity index is 2.25. The summed E-state index contributed by atoms with van der Waals surface area (Å²) in [6.07, 6.45) is 1.38. The van der Waals surface area contributed by atoms with Crippen molar-refractivity contribution < 1.29 is 17.2 Å². The minimum Gasteiger partial charge on any atom is -0.241 e. The second-order valence-electron chi connectivity index (χ2n) is 5.29. The Hall–Kier alpha value is -1.99. The Kier molecular flexibility index (Phi) is 4.31. The Labute approximate surface area is 146 Å². The predicted molar refractivity (Wildman–Crippen MR) is 91.2 cm³/mol. The molecule has 0 saturated heterocycles. The Bertz CT molecular complexity index is 1010. The molecular weight excluding hydrogens is 400 g/mol. The molecule has 1 aromatic heterocycles. The molecule has 0 bridgehead atoms. The van der Waals surface area contributed by atoms with Gasteiger partial charge >= 0.3 is 0 Å². The van der Waals surface area contributed by atoms with E-state index in [0.717, 1.165) is 16.1 Å². The molecule has 0 spiro atoms. The quantitative estimate of drug-likeness (QED) is 0.624. The van der Waals surface area contributed by atoms with E-state index in [0.29, 0.717) is 10.0 Å². The summed E-state index contributed by atoms with van der Waals surface area (Å²) in [4.78, 5) is -0.220. The van der Waals surface area contributed by atoms with E-state index >= 15 is 0 Å². The van der Waals surface area contributed by atoms with Crippen LogP contribution in [0.15, 0.2) is 64.1 Å². The third-order valence-electron chi connectivity index (χ3n) is 3.47. The molecule has 0 fully saturated rings. The van der Waals surface area contributed by atoms with Crippen molar-refractivity contribution in [1.82, 2.24) is 3.97 Å². The molecule has 7 heteroatoms. The first kappa shape index (κ1) is 16.9. The Morgan fingerprint density at radius 3 is 2.42 bits per heavy atom. The fraction of sp³-hybridized carbons (Fsp3) is 0.0588. The first-order chi connectivity index (χ1) is 11.3. The second-order valence-corrected chi connectivity index (χ2v) is 8.02. The molecule has 0 radical (unpaired) electrons. The third-order valence-corrected chi connectivity index (χ3v) is 5.57. The fourth-order valence-electron chi connectivity index (χ4n) is 2.43. The number of benzene rings is 2. The highest BCUT2D eigenvalue weighted by Crippen LogP contribution is 2.29. The molecular formula is C17H12BrF2NO2S. The topological polar surface area (TPSA) is 39.1 Å². The zero-order valence-electron chi connectivity index (χ0n) is 12.5. The van der Waals surface area contributed by atoms with Gasteiger partial charge in [-0.2, -0.15) is 0 Å². The highest BCUT2D eigenvalue weighted by molar-refractivity contribution is 9.10. The van der Waals surface area contributed by atoms with Crippen molar-refractivity contribution in [2.45, 2.75) is 11.8 Å². The van der Waals surface area contributed by atoms with Crippen LogP contribution in [0, 0.1) is 18.6 Å². The fourth-order valence-corrected chi connectivity index (χ4v) is 4.52. The van der Waals surface area contributed by atoms with Gasteiger partial charge in [0.25, 0.3) is 10.0 Å². The summed E-state index contributed by atoms with van der Waals surface area (Å²) >= 11 is 3.08. The van der Waals surface area contributed by atoms with Gasteiger partial charge in [-0.05, 0) is 48.9 Å². The lowest BCUT2D eigenvalue weighted by Gasteiger charge is -2.11. The van der Waals surface area contributed by atoms with E-state index in [-0.39, 0.29) is 16.2 Å². The summed E-state index contributed by atoms with van der Waals surface area (Å²) in [6.45, 7) is 1.71. The summed E-state index contributed by atoms with van der Waals surface area (Å²) in [5, 5.41) is 0. The molecule has 0 amide bonds. The highest BCUT2D eigenvalue weighted by Gasteiger charge is 2.23. The van der Waals surface area contributed by atoms with E-state index in [1.165, 1.54) is 30.5 Å². The molecule has 124 valence electrons. The van der Waals surface area contributed by atoms with Crippen molar-refractivity contribution >= 4 is 26.0 Å². The lowest BCUT2D eigenvalue weighted by Crippen LogP contribution is -2.14. The maximum Gasteiger partial charge on any atom is 0.268 e. The van der Waals surface area contributed by atoms with Gasteiger partial charge in [-0.15, -0.1) is 0 Å². The van der Waals surface area contributed by atoms with Crippen LogP contribution in [0.5, 0.6) is 0 Å². The van der Waals surface area contributed by atoms with Gasteiger partial charge in [-0.1, -0.05) is 28.1 Å². The van der Waals surface area contributed by atoms with E-state index in [4.69, 9.17) is 0 Å². The van der Waals surface area contributed by atoms with Crippen LogP contribution in [0.3, 0.4) is 0 Å². The predicted octanol–water partition coefficient (Wildman–Crippen LogP) is 4.74. The maximum absolute atomic E-state index is 14.1. The Morgan fingerprint density at radius 2 is 1.75 bits per heavy atom. The summed E-state index contributed by atoms with van der Waals surface area (Å²) in [5.74, 6) is -1.22. The Morgan fingerprint density at radius 1 is 1.04 bits per heavy atom. The molecule has 0 atom stereocenters. The zero-order valence-corrected chi connectivity index (χ0v) is 14.9. The van der Waals surface area contributed by atoms with Crippen molar-refractivity contribution in [3.63, 3.8) is 0 Å². The minimum atomic E-state index is -4.08. The summed E-state index contributed by atoms with van der Waals surface area (Å²) in [7, 11) is -4.08. The van der Waals surface area contributed by atoms with Crippen LogP contribution < -0.4 is 0 Å². The van der Waals surface area contributed by atoms with Gasteiger partial charge < -0.3 is 0 Å². The van der Waals surface area contributed by atoms with E-state index in [9.17, 15) is 17.2 Å². The first-order valence-corrected chi connectivity index (χ1v) is 9.18. The molecule has 2 aromatic carbocycles. The number of halogens is 3. The standard InChI is InChI=1S/C17H12BrF2NO2S/c1-11-6-17(15-4-2-3-5-16(15)20)21(10-11)24(22,23)14-8-12(18)7-13(19)9-14/h2-10H,1H3. The van der Waals surface area contributed by atoms with Crippen LogP contribution in [-0.4, -0.2) is 12.4 Å². The van der Waals surface area contributed by atoms with Crippen molar-refractivity contribution in [1.29, 1.82) is 0 Å². The maximum atomic E-state index is 14.1. The smallest absolute Gasteiger partial charge is 0.241 e. The van der Waals surface area contributed by atoms with Crippen molar-refractivity contribution in [2.75, 3.05) is 0 Å². The molecule has 0 aliphatic rings. The van der Waals surface area contributed by atoms with Crippen LogP contribution in [0.1, 0.15) is 5.56 Å². The van der Waals surface area contributed by atoms with Gasteiger partial charge in [-0.25, -0.2) is 21.2 Å². The van der Waals surface area contributed by atoms with Crippen molar-refractivity contribution in [3.8, 4) is 11.3 Å². The van der Waals surface area contributed by atoms with E-state index in [1.54, 1.807) is 19.1 Å². The summed E-state index contributed by atoms with van der Waals surface area (Å²) in [5.41, 5.74) is 0.989. The number of hydrogen-bond acceptors (Lipinski definition) is 2. The number of nitrogens with zero attached hydrogens (tertiary/aromatic N) is 1. The average Bonchev–Trinajstić information content (AvgIpc) is 2.89. The molecule has 0 aliphatic carbocycles. The summed E-state index contributed by atoms with van der Waals surface area (Å²) < 4.78 is 54.8. The number of hydrogen-bond donors (Lipinski definition) is 0. The monoisotopic (exact) mass is 411 g/mol. The molecule has 3 rings (SSSR count). The van der Waals surface area contributed by atoms with Crippen LogP contribution in [0.4, 0.5) is 8.78 Å². The summed E-state index contributed by atoms with van der Waals surface area (Å²) in [6, 6.07) is 10.9. The van der Waals surface area contributed by atoms with E-state index in [2.05, 4.69) is 15.9 Å². The molecule has 0 N–H and O–H groups in total. The van der Waals surface area contributed by atoms with Gasteiger partial charge in [0.2, 0.25) is 0 Å². The number of aryl methyl sites for hydroxylation is 1. The zero-order chi connectivity index (χ0) is 17.5. The van der Waals surface area contributed by atoms with Gasteiger partial charge in [0, 0.05) is 16.2 Å². The normalized spacial score (nSPS) is 11.7. The number of rotatable bonds is 3. The lowest BCUT2D eigenvalue weighted by atomic mass is 10.1. The van der Waals surface area contributed by atoms with Crippen LogP contribution in [0.25, 0.3) is 11.3 Å². The van der Waals surface area contributed by atoms with Crippen LogP contribution in [-0.2, 0) is 10.0 Å². The van der Waals surface area contributed by atoms with Crippen LogP contribution >= 0.6 is 15.9 Å². The van der Waals surface area contributed by atoms with E-state index < -0.39 is 21.7 Å². The second kappa shape index (κ2) is 6.14. The lowest BCUT2D eigenvalue weighted by molar-refractivity contribution is 0.583.